The number of tetrazole rings is 1. The van der Waals surface area contributed by atoms with Crippen LogP contribution in [-0.2, 0) is 4.79 Å². The molecule has 0 saturated carbocycles. The Labute approximate surface area is 170 Å². The first-order valence-corrected chi connectivity index (χ1v) is 9.70. The number of benzene rings is 2. The lowest BCUT2D eigenvalue weighted by molar-refractivity contribution is -0.113. The topological polar surface area (TPSA) is 81.9 Å². The fourth-order valence-corrected chi connectivity index (χ4v) is 3.33. The van der Waals surface area contributed by atoms with Gasteiger partial charge in [0.05, 0.1) is 28.8 Å². The van der Waals surface area contributed by atoms with Gasteiger partial charge in [-0.3, -0.25) is 4.79 Å². The third kappa shape index (κ3) is 5.12. The lowest BCUT2D eigenvalue weighted by Gasteiger charge is -2.08. The molecule has 10 heteroatoms. The van der Waals surface area contributed by atoms with Crippen LogP contribution in [0.2, 0.25) is 10.0 Å². The van der Waals surface area contributed by atoms with Gasteiger partial charge in [-0.15, -0.1) is 5.10 Å². The van der Waals surface area contributed by atoms with E-state index in [0.717, 1.165) is 11.4 Å². The molecule has 3 rings (SSSR count). The van der Waals surface area contributed by atoms with Crippen molar-refractivity contribution < 1.29 is 9.53 Å². The molecule has 140 valence electrons. The maximum Gasteiger partial charge on any atom is 0.234 e. The van der Waals surface area contributed by atoms with Crippen LogP contribution in [-0.4, -0.2) is 38.5 Å². The monoisotopic (exact) mass is 423 g/mol. The molecule has 1 amide bonds. The molecule has 27 heavy (non-hydrogen) atoms. The summed E-state index contributed by atoms with van der Waals surface area (Å²) in [7, 11) is 0. The Balaban J connectivity index is 1.63. The molecule has 0 saturated heterocycles. The van der Waals surface area contributed by atoms with Crippen LogP contribution in [0.15, 0.2) is 47.6 Å². The van der Waals surface area contributed by atoms with E-state index >= 15 is 0 Å². The molecule has 0 unspecified atom stereocenters. The average Bonchev–Trinajstić information content (AvgIpc) is 3.12. The van der Waals surface area contributed by atoms with Crippen LogP contribution in [0.5, 0.6) is 5.75 Å². The number of nitrogens with zero attached hydrogens (tertiary/aromatic N) is 4. The quantitative estimate of drug-likeness (QED) is 0.576. The minimum atomic E-state index is -0.231. The first kappa shape index (κ1) is 19.5. The number of nitrogens with one attached hydrogen (secondary N) is 1. The summed E-state index contributed by atoms with van der Waals surface area (Å²) >= 11 is 13.1. The Hall–Kier alpha value is -2.29. The van der Waals surface area contributed by atoms with Gasteiger partial charge >= 0.3 is 0 Å². The van der Waals surface area contributed by atoms with Gasteiger partial charge in [0, 0.05) is 5.02 Å². The molecular formula is C17H15Cl2N5O2S. The van der Waals surface area contributed by atoms with Crippen LogP contribution in [0.3, 0.4) is 0 Å². The van der Waals surface area contributed by atoms with Gasteiger partial charge in [-0.05, 0) is 59.8 Å². The van der Waals surface area contributed by atoms with Gasteiger partial charge in [0.25, 0.3) is 0 Å². The summed E-state index contributed by atoms with van der Waals surface area (Å²) < 4.78 is 6.98. The molecule has 1 aromatic heterocycles. The van der Waals surface area contributed by atoms with E-state index in [-0.39, 0.29) is 11.7 Å². The summed E-state index contributed by atoms with van der Waals surface area (Å²) in [5.41, 5.74) is 1.27. The van der Waals surface area contributed by atoms with E-state index in [0.29, 0.717) is 27.5 Å². The number of hydrogen-bond acceptors (Lipinski definition) is 6. The Morgan fingerprint density at radius 2 is 2.00 bits per heavy atom. The number of anilines is 1. The van der Waals surface area contributed by atoms with E-state index in [2.05, 4.69) is 20.8 Å². The standard InChI is InChI=1S/C17H15Cl2N5O2S/c1-2-26-13-6-4-12(5-7-13)24-17(21-22-23-24)27-10-16(25)20-15-8-3-11(18)9-14(15)19/h3-9H,2,10H2,1H3,(H,20,25). The largest absolute Gasteiger partial charge is 0.494 e. The van der Waals surface area contributed by atoms with E-state index in [9.17, 15) is 4.79 Å². The lowest BCUT2D eigenvalue weighted by Crippen LogP contribution is -2.15. The molecule has 0 aliphatic heterocycles. The number of rotatable bonds is 7. The molecule has 0 radical (unpaired) electrons. The molecule has 7 nitrogen and oxygen atoms in total. The number of thioether (sulfide) groups is 1. The minimum Gasteiger partial charge on any atom is -0.494 e. The number of ether oxygens (including phenoxy) is 1. The van der Waals surface area contributed by atoms with E-state index < -0.39 is 0 Å². The predicted octanol–water partition coefficient (Wildman–Crippen LogP) is 4.10. The van der Waals surface area contributed by atoms with Crippen LogP contribution >= 0.6 is 35.0 Å². The average molecular weight is 424 g/mol. The third-order valence-corrected chi connectivity index (χ3v) is 4.84. The van der Waals surface area contributed by atoms with E-state index in [1.165, 1.54) is 11.8 Å². The Bertz CT molecular complexity index is 933. The smallest absolute Gasteiger partial charge is 0.234 e. The highest BCUT2D eigenvalue weighted by molar-refractivity contribution is 7.99. The zero-order valence-corrected chi connectivity index (χ0v) is 16.6. The predicted molar refractivity (Wildman–Crippen MR) is 106 cm³/mol. The van der Waals surface area contributed by atoms with Gasteiger partial charge in [0.15, 0.2) is 0 Å². The fraction of sp³-hybridized carbons (Fsp3) is 0.176. The number of carbonyl (C=O) groups is 1. The van der Waals surface area contributed by atoms with Crippen molar-refractivity contribution >= 4 is 46.6 Å². The fourth-order valence-electron chi connectivity index (χ4n) is 2.19. The van der Waals surface area contributed by atoms with Crippen molar-refractivity contribution in [2.24, 2.45) is 0 Å². The molecule has 0 aliphatic rings. The van der Waals surface area contributed by atoms with Crippen LogP contribution in [0.1, 0.15) is 6.92 Å². The molecule has 0 spiro atoms. The van der Waals surface area contributed by atoms with Gasteiger partial charge in [0.2, 0.25) is 11.1 Å². The molecule has 0 bridgehead atoms. The summed E-state index contributed by atoms with van der Waals surface area (Å²) in [4.78, 5) is 12.2. The van der Waals surface area contributed by atoms with Crippen molar-refractivity contribution in [2.75, 3.05) is 17.7 Å². The Kier molecular flexibility index (Phi) is 6.54. The van der Waals surface area contributed by atoms with Crippen LogP contribution in [0, 0.1) is 0 Å². The molecule has 1 heterocycles. The molecular weight excluding hydrogens is 409 g/mol. The van der Waals surface area contributed by atoms with E-state index in [4.69, 9.17) is 27.9 Å². The second-order valence-electron chi connectivity index (χ2n) is 5.26. The van der Waals surface area contributed by atoms with Gasteiger partial charge in [-0.2, -0.15) is 4.68 Å². The highest BCUT2D eigenvalue weighted by Gasteiger charge is 2.13. The molecule has 0 fully saturated rings. The summed E-state index contributed by atoms with van der Waals surface area (Å²) in [6.45, 7) is 2.52. The second kappa shape index (κ2) is 9.07. The number of carbonyl (C=O) groups excluding carboxylic acids is 1. The van der Waals surface area contributed by atoms with Crippen molar-refractivity contribution in [3.63, 3.8) is 0 Å². The number of amides is 1. The van der Waals surface area contributed by atoms with Crippen molar-refractivity contribution in [3.8, 4) is 11.4 Å². The van der Waals surface area contributed by atoms with Crippen molar-refractivity contribution in [2.45, 2.75) is 12.1 Å². The summed E-state index contributed by atoms with van der Waals surface area (Å²) in [5.74, 6) is 0.657. The maximum atomic E-state index is 12.2. The molecule has 3 aromatic rings. The van der Waals surface area contributed by atoms with Gasteiger partial charge in [-0.1, -0.05) is 35.0 Å². The molecule has 1 N–H and O–H groups in total. The first-order valence-electron chi connectivity index (χ1n) is 7.96. The van der Waals surface area contributed by atoms with Gasteiger partial charge in [-0.25, -0.2) is 0 Å². The SMILES string of the molecule is CCOc1ccc(-n2nnnc2SCC(=O)Nc2ccc(Cl)cc2Cl)cc1. The number of hydrogen-bond donors (Lipinski definition) is 1. The Morgan fingerprint density at radius 3 is 2.70 bits per heavy atom. The summed E-state index contributed by atoms with van der Waals surface area (Å²) in [6.07, 6.45) is 0. The zero-order valence-electron chi connectivity index (χ0n) is 14.2. The van der Waals surface area contributed by atoms with Crippen molar-refractivity contribution in [1.29, 1.82) is 0 Å². The summed E-state index contributed by atoms with van der Waals surface area (Å²) in [5, 5.41) is 15.7. The maximum absolute atomic E-state index is 12.2. The van der Waals surface area contributed by atoms with Gasteiger partial charge < -0.3 is 10.1 Å². The number of halogens is 2. The normalized spacial score (nSPS) is 10.6. The van der Waals surface area contributed by atoms with Crippen molar-refractivity contribution in [1.82, 2.24) is 20.2 Å². The van der Waals surface area contributed by atoms with Crippen molar-refractivity contribution in [3.05, 3.63) is 52.5 Å². The molecule has 2 aromatic carbocycles. The second-order valence-corrected chi connectivity index (χ2v) is 7.05. The van der Waals surface area contributed by atoms with E-state index in [1.54, 1.807) is 22.9 Å². The minimum absolute atomic E-state index is 0.121. The van der Waals surface area contributed by atoms with Gasteiger partial charge in [0.1, 0.15) is 5.75 Å². The molecule has 0 aliphatic carbocycles. The highest BCUT2D eigenvalue weighted by atomic mass is 35.5. The zero-order chi connectivity index (χ0) is 19.2. The lowest BCUT2D eigenvalue weighted by atomic mass is 10.3. The van der Waals surface area contributed by atoms with E-state index in [1.807, 2.05) is 31.2 Å². The molecule has 0 atom stereocenters. The number of aromatic nitrogens is 4. The van der Waals surface area contributed by atoms with Crippen LogP contribution in [0.4, 0.5) is 5.69 Å². The first-order chi connectivity index (χ1) is 13.1. The Morgan fingerprint density at radius 1 is 1.22 bits per heavy atom. The highest BCUT2D eigenvalue weighted by Crippen LogP contribution is 2.26. The third-order valence-electron chi connectivity index (χ3n) is 3.37. The van der Waals surface area contributed by atoms with Crippen LogP contribution < -0.4 is 10.1 Å². The summed E-state index contributed by atoms with van der Waals surface area (Å²) in [6, 6.07) is 12.2. The van der Waals surface area contributed by atoms with Crippen LogP contribution in [0.25, 0.3) is 5.69 Å².